The number of amides is 2. The third-order valence-corrected chi connectivity index (χ3v) is 1.48. The van der Waals surface area contributed by atoms with Gasteiger partial charge >= 0.3 is 0 Å². The first-order valence-corrected chi connectivity index (χ1v) is 3.72. The molecule has 0 aliphatic rings. The van der Waals surface area contributed by atoms with Crippen LogP contribution in [0.5, 0.6) is 0 Å². The van der Waals surface area contributed by atoms with Crippen LogP contribution in [0.25, 0.3) is 0 Å². The molecular formula is C8H14N2O2. The van der Waals surface area contributed by atoms with Gasteiger partial charge in [-0.25, -0.2) is 0 Å². The van der Waals surface area contributed by atoms with Crippen LogP contribution in [-0.4, -0.2) is 30.3 Å². The zero-order valence-corrected chi connectivity index (χ0v) is 7.57. The molecular weight excluding hydrogens is 156 g/mol. The molecule has 0 rings (SSSR count). The van der Waals surface area contributed by atoms with Crippen LogP contribution >= 0.6 is 0 Å². The van der Waals surface area contributed by atoms with Gasteiger partial charge in [0.25, 0.3) is 5.91 Å². The van der Waals surface area contributed by atoms with Gasteiger partial charge in [-0.1, -0.05) is 0 Å². The van der Waals surface area contributed by atoms with Gasteiger partial charge in [-0.3, -0.25) is 14.9 Å². The number of rotatable bonds is 4. The normalized spacial score (nSPS) is 10.3. The van der Waals surface area contributed by atoms with Crippen LogP contribution < -0.4 is 5.32 Å². The van der Waals surface area contributed by atoms with E-state index in [2.05, 4.69) is 0 Å². The second-order valence-corrected chi connectivity index (χ2v) is 2.70. The molecule has 2 amide bonds. The molecule has 68 valence electrons. The molecule has 0 saturated heterocycles. The van der Waals surface area contributed by atoms with Crippen LogP contribution in [0.2, 0.25) is 0 Å². The first-order valence-electron chi connectivity index (χ1n) is 3.72. The smallest absolute Gasteiger partial charge is 0.251 e. The number of carbonyl (C=O) groups excluding carboxylic acids is 2. The van der Waals surface area contributed by atoms with Gasteiger partial charge in [0.1, 0.15) is 0 Å². The second kappa shape index (κ2) is 5.35. The maximum absolute atomic E-state index is 10.7. The molecule has 0 unspecified atom stereocenters. The Hall–Kier alpha value is -1.32. The molecule has 4 heteroatoms. The summed E-state index contributed by atoms with van der Waals surface area (Å²) in [5.74, 6) is -0.405. The van der Waals surface area contributed by atoms with Crippen molar-refractivity contribution < 1.29 is 9.59 Å². The molecule has 0 atom stereocenters. The summed E-state index contributed by atoms with van der Waals surface area (Å²) in [6.07, 6.45) is 3.31. The minimum atomic E-state index is -0.405. The van der Waals surface area contributed by atoms with E-state index in [-0.39, 0.29) is 0 Å². The van der Waals surface area contributed by atoms with E-state index in [0.717, 1.165) is 0 Å². The average Bonchev–Trinajstić information content (AvgIpc) is 2.00. The summed E-state index contributed by atoms with van der Waals surface area (Å²) in [7, 11) is 1.86. The quantitative estimate of drug-likeness (QED) is 0.481. The van der Waals surface area contributed by atoms with Crippen LogP contribution in [0.4, 0.5) is 0 Å². The third-order valence-electron chi connectivity index (χ3n) is 1.48. The monoisotopic (exact) mass is 170 g/mol. The van der Waals surface area contributed by atoms with Crippen LogP contribution in [0, 0.1) is 0 Å². The van der Waals surface area contributed by atoms with Crippen molar-refractivity contribution in [2.24, 2.45) is 0 Å². The maximum Gasteiger partial charge on any atom is 0.251 e. The van der Waals surface area contributed by atoms with Crippen LogP contribution in [0.3, 0.4) is 0 Å². The Morgan fingerprint density at radius 1 is 1.50 bits per heavy atom. The summed E-state index contributed by atoms with van der Waals surface area (Å²) in [5.41, 5.74) is 0. The lowest BCUT2D eigenvalue weighted by Crippen LogP contribution is -2.23. The highest BCUT2D eigenvalue weighted by atomic mass is 16.2. The molecule has 0 saturated carbocycles. The van der Waals surface area contributed by atoms with Gasteiger partial charge in [-0.15, -0.1) is 0 Å². The van der Waals surface area contributed by atoms with E-state index in [1.54, 1.807) is 6.20 Å². The predicted molar refractivity (Wildman–Crippen MR) is 46.2 cm³/mol. The molecule has 0 aliphatic carbocycles. The molecule has 0 spiro atoms. The molecule has 0 heterocycles. The van der Waals surface area contributed by atoms with Crippen LogP contribution in [-0.2, 0) is 9.59 Å². The highest BCUT2D eigenvalue weighted by Crippen LogP contribution is 1.92. The third kappa shape index (κ3) is 4.49. The average molecular weight is 170 g/mol. The Kier molecular flexibility index (Phi) is 4.76. The van der Waals surface area contributed by atoms with E-state index in [4.69, 9.17) is 0 Å². The lowest BCUT2D eigenvalue weighted by molar-refractivity contribution is -0.121. The summed E-state index contributed by atoms with van der Waals surface area (Å²) in [5, 5.41) is 2.01. The Morgan fingerprint density at radius 3 is 2.50 bits per heavy atom. The molecule has 1 N–H and O–H groups in total. The van der Waals surface area contributed by atoms with Crippen molar-refractivity contribution in [1.82, 2.24) is 10.2 Å². The Bertz CT molecular complexity index is 187. The van der Waals surface area contributed by atoms with Gasteiger partial charge in [0.2, 0.25) is 6.41 Å². The summed E-state index contributed by atoms with van der Waals surface area (Å²) in [6, 6.07) is 0.338. The SMILES string of the molecule is CC(C)N(C)/C=C\C(=O)NC=O. The molecule has 4 nitrogen and oxygen atoms in total. The second-order valence-electron chi connectivity index (χ2n) is 2.70. The van der Waals surface area contributed by atoms with Crippen molar-refractivity contribution >= 4 is 12.3 Å². The standard InChI is InChI=1S/C8H14N2O2/c1-7(2)10(3)5-4-8(12)9-6-11/h4-7H,1-3H3,(H,9,11,12)/b5-4-. The lowest BCUT2D eigenvalue weighted by atomic mass is 10.3. The van der Waals surface area contributed by atoms with Crippen molar-refractivity contribution in [1.29, 1.82) is 0 Å². The number of hydrogen-bond donors (Lipinski definition) is 1. The molecule has 0 radical (unpaired) electrons. The van der Waals surface area contributed by atoms with E-state index >= 15 is 0 Å². The molecule has 0 aromatic heterocycles. The van der Waals surface area contributed by atoms with E-state index < -0.39 is 5.91 Å². The van der Waals surface area contributed by atoms with E-state index in [9.17, 15) is 9.59 Å². The molecule has 12 heavy (non-hydrogen) atoms. The first kappa shape index (κ1) is 10.7. The van der Waals surface area contributed by atoms with Gasteiger partial charge in [0.05, 0.1) is 0 Å². The summed E-state index contributed by atoms with van der Waals surface area (Å²) >= 11 is 0. The number of carbonyl (C=O) groups is 2. The summed E-state index contributed by atoms with van der Waals surface area (Å²) in [4.78, 5) is 22.4. The van der Waals surface area contributed by atoms with Crippen molar-refractivity contribution in [2.75, 3.05) is 7.05 Å². The van der Waals surface area contributed by atoms with E-state index in [0.29, 0.717) is 12.5 Å². The van der Waals surface area contributed by atoms with Crippen molar-refractivity contribution in [3.05, 3.63) is 12.3 Å². The molecule has 0 fully saturated rings. The maximum atomic E-state index is 10.7. The molecule has 0 aliphatic heterocycles. The van der Waals surface area contributed by atoms with E-state index in [1.807, 2.05) is 31.1 Å². The van der Waals surface area contributed by atoms with Gasteiger partial charge < -0.3 is 4.90 Å². The Morgan fingerprint density at radius 2 is 2.08 bits per heavy atom. The minimum Gasteiger partial charge on any atom is -0.378 e. The first-order chi connectivity index (χ1) is 5.57. The van der Waals surface area contributed by atoms with Crippen LogP contribution in [0.1, 0.15) is 13.8 Å². The highest BCUT2D eigenvalue weighted by Gasteiger charge is 1.97. The number of hydrogen-bond acceptors (Lipinski definition) is 3. The van der Waals surface area contributed by atoms with Gasteiger partial charge in [-0.05, 0) is 13.8 Å². The number of nitrogens with one attached hydrogen (secondary N) is 1. The van der Waals surface area contributed by atoms with Gasteiger partial charge in [-0.2, -0.15) is 0 Å². The van der Waals surface area contributed by atoms with Crippen molar-refractivity contribution in [2.45, 2.75) is 19.9 Å². The largest absolute Gasteiger partial charge is 0.378 e. The topological polar surface area (TPSA) is 49.4 Å². The minimum absolute atomic E-state index is 0.338. The molecule has 0 aromatic rings. The summed E-state index contributed by atoms with van der Waals surface area (Å²) in [6.45, 7) is 4.00. The van der Waals surface area contributed by atoms with Gasteiger partial charge in [0.15, 0.2) is 0 Å². The van der Waals surface area contributed by atoms with Crippen LogP contribution in [0.15, 0.2) is 12.3 Å². The Balaban J connectivity index is 3.88. The number of nitrogens with zero attached hydrogens (tertiary/aromatic N) is 1. The van der Waals surface area contributed by atoms with E-state index in [1.165, 1.54) is 6.08 Å². The fourth-order valence-corrected chi connectivity index (χ4v) is 0.464. The summed E-state index contributed by atoms with van der Waals surface area (Å²) < 4.78 is 0. The fourth-order valence-electron chi connectivity index (χ4n) is 0.464. The zero-order chi connectivity index (χ0) is 9.56. The lowest BCUT2D eigenvalue weighted by Gasteiger charge is -2.17. The number of imide groups is 1. The zero-order valence-electron chi connectivity index (χ0n) is 7.57. The Labute approximate surface area is 72.2 Å². The highest BCUT2D eigenvalue weighted by molar-refractivity contribution is 5.94. The van der Waals surface area contributed by atoms with Crippen molar-refractivity contribution in [3.8, 4) is 0 Å². The van der Waals surface area contributed by atoms with Crippen molar-refractivity contribution in [3.63, 3.8) is 0 Å². The predicted octanol–water partition coefficient (Wildman–Crippen LogP) is 0.113. The van der Waals surface area contributed by atoms with Gasteiger partial charge in [0, 0.05) is 25.4 Å². The fraction of sp³-hybridized carbons (Fsp3) is 0.500. The molecule has 0 aromatic carbocycles. The molecule has 0 bridgehead atoms.